The molecule has 0 radical (unpaired) electrons. The Hall–Kier alpha value is -3.40. The Bertz CT molecular complexity index is 1350. The first-order chi connectivity index (χ1) is 14.6. The van der Waals surface area contributed by atoms with Gasteiger partial charge in [-0.15, -0.1) is 0 Å². The second kappa shape index (κ2) is 7.45. The van der Waals surface area contributed by atoms with Crippen LogP contribution in [0.3, 0.4) is 0 Å². The number of halogens is 3. The van der Waals surface area contributed by atoms with Crippen LogP contribution in [0.15, 0.2) is 66.1 Å². The molecule has 0 aliphatic carbocycles. The summed E-state index contributed by atoms with van der Waals surface area (Å²) in [6.07, 6.45) is 3.00. The fourth-order valence-corrected chi connectivity index (χ4v) is 4.15. The normalized spacial score (nSPS) is 11.7. The predicted molar refractivity (Wildman–Crippen MR) is 107 cm³/mol. The lowest BCUT2D eigenvalue weighted by atomic mass is 10.3. The van der Waals surface area contributed by atoms with E-state index in [-0.39, 0.29) is 17.4 Å². The summed E-state index contributed by atoms with van der Waals surface area (Å²) in [5, 5.41) is 5.60. The average Bonchev–Trinajstić information content (AvgIpc) is 3.34. The molecule has 6 nitrogen and oxygen atoms in total. The summed E-state index contributed by atoms with van der Waals surface area (Å²) < 4.78 is 43.0. The van der Waals surface area contributed by atoms with E-state index in [1.165, 1.54) is 30.2 Å². The summed E-state index contributed by atoms with van der Waals surface area (Å²) in [6, 6.07) is 12.7. The minimum absolute atomic E-state index is 0.201. The maximum absolute atomic E-state index is 13.6. The molecule has 5 aromatic rings. The Balaban J connectivity index is 1.49. The number of aromatic nitrogens is 6. The monoisotopic (exact) mass is 426 g/mol. The lowest BCUT2D eigenvalue weighted by molar-refractivity contribution is 0.0722. The molecule has 10 heteroatoms. The third-order valence-electron chi connectivity index (χ3n) is 4.60. The van der Waals surface area contributed by atoms with Crippen molar-refractivity contribution in [2.75, 3.05) is 0 Å². The number of benzene rings is 2. The van der Waals surface area contributed by atoms with Crippen LogP contribution in [0.4, 0.5) is 13.2 Å². The van der Waals surface area contributed by atoms with Gasteiger partial charge in [0.2, 0.25) is 0 Å². The predicted octanol–water partition coefficient (Wildman–Crippen LogP) is 4.99. The molecule has 0 saturated carbocycles. The highest BCUT2D eigenvalue weighted by atomic mass is 32.2. The maximum atomic E-state index is 13.6. The zero-order valence-electron chi connectivity index (χ0n) is 15.3. The Morgan fingerprint density at radius 2 is 1.80 bits per heavy atom. The van der Waals surface area contributed by atoms with Crippen molar-refractivity contribution >= 4 is 33.8 Å². The van der Waals surface area contributed by atoms with E-state index < -0.39 is 6.55 Å². The summed E-state index contributed by atoms with van der Waals surface area (Å²) in [4.78, 5) is 12.9. The number of para-hydroxylation sites is 2. The van der Waals surface area contributed by atoms with E-state index in [0.29, 0.717) is 32.8 Å². The van der Waals surface area contributed by atoms with Crippen LogP contribution in [0.25, 0.3) is 27.8 Å². The number of rotatable bonds is 5. The Kier molecular flexibility index (Phi) is 4.62. The van der Waals surface area contributed by atoms with Gasteiger partial charge >= 0.3 is 6.55 Å². The van der Waals surface area contributed by atoms with Gasteiger partial charge in [0, 0.05) is 0 Å². The first-order valence-corrected chi connectivity index (χ1v) is 9.92. The molecule has 2 aromatic carbocycles. The standard InChI is InChI=1S/C20H13F3N6S/c21-12-5-7-13(8-6-12)29-18-14(9-26-29)19(25-11-24-18)30-10-17-27-15-3-1-2-4-16(15)28(17)20(22)23/h1-9,11,20H,10H2. The molecule has 0 aliphatic rings. The van der Waals surface area contributed by atoms with Gasteiger partial charge < -0.3 is 0 Å². The Labute approximate surface area is 172 Å². The van der Waals surface area contributed by atoms with E-state index >= 15 is 0 Å². The van der Waals surface area contributed by atoms with Gasteiger partial charge in [0.1, 0.15) is 23.0 Å². The maximum Gasteiger partial charge on any atom is 0.320 e. The molecule has 0 amide bonds. The third-order valence-corrected chi connectivity index (χ3v) is 5.60. The van der Waals surface area contributed by atoms with Gasteiger partial charge in [-0.1, -0.05) is 23.9 Å². The molecule has 0 N–H and O–H groups in total. The van der Waals surface area contributed by atoms with Crippen molar-refractivity contribution in [3.63, 3.8) is 0 Å². The van der Waals surface area contributed by atoms with Gasteiger partial charge in [0.25, 0.3) is 0 Å². The topological polar surface area (TPSA) is 61.4 Å². The van der Waals surface area contributed by atoms with Gasteiger partial charge in [-0.25, -0.2) is 24.0 Å². The van der Waals surface area contributed by atoms with Gasteiger partial charge in [-0.3, -0.25) is 4.57 Å². The van der Waals surface area contributed by atoms with Gasteiger partial charge in [0.05, 0.1) is 34.1 Å². The number of thioether (sulfide) groups is 1. The van der Waals surface area contributed by atoms with Crippen molar-refractivity contribution in [3.8, 4) is 5.69 Å². The van der Waals surface area contributed by atoms with Gasteiger partial charge in [-0.2, -0.15) is 13.9 Å². The molecule has 5 rings (SSSR count). The highest BCUT2D eigenvalue weighted by Crippen LogP contribution is 2.31. The first kappa shape index (κ1) is 18.6. The van der Waals surface area contributed by atoms with Crippen LogP contribution in [-0.4, -0.2) is 29.3 Å². The smallest absolute Gasteiger partial charge is 0.269 e. The molecule has 0 spiro atoms. The molecular formula is C20H13F3N6S. The van der Waals surface area contributed by atoms with Crippen LogP contribution in [0.2, 0.25) is 0 Å². The molecule has 0 aliphatic heterocycles. The molecule has 3 aromatic heterocycles. The lowest BCUT2D eigenvalue weighted by Crippen LogP contribution is -2.03. The highest BCUT2D eigenvalue weighted by molar-refractivity contribution is 7.98. The quantitative estimate of drug-likeness (QED) is 0.293. The Morgan fingerprint density at radius 3 is 2.60 bits per heavy atom. The van der Waals surface area contributed by atoms with E-state index in [0.717, 1.165) is 4.57 Å². The van der Waals surface area contributed by atoms with Crippen LogP contribution in [0.5, 0.6) is 0 Å². The fourth-order valence-electron chi connectivity index (χ4n) is 3.26. The lowest BCUT2D eigenvalue weighted by Gasteiger charge is -2.08. The molecule has 150 valence electrons. The van der Waals surface area contributed by atoms with Gasteiger partial charge in [0.15, 0.2) is 5.65 Å². The van der Waals surface area contributed by atoms with Crippen LogP contribution in [0.1, 0.15) is 12.4 Å². The minimum atomic E-state index is -2.69. The molecule has 30 heavy (non-hydrogen) atoms. The highest BCUT2D eigenvalue weighted by Gasteiger charge is 2.19. The Morgan fingerprint density at radius 1 is 1.00 bits per heavy atom. The van der Waals surface area contributed by atoms with Crippen molar-refractivity contribution in [2.45, 2.75) is 17.3 Å². The van der Waals surface area contributed by atoms with Crippen LogP contribution < -0.4 is 0 Å². The summed E-state index contributed by atoms with van der Waals surface area (Å²) in [6.45, 7) is -2.69. The second-order valence-electron chi connectivity index (χ2n) is 6.40. The van der Waals surface area contributed by atoms with Crippen molar-refractivity contribution in [3.05, 3.63) is 72.7 Å². The van der Waals surface area contributed by atoms with E-state index in [2.05, 4.69) is 20.1 Å². The third kappa shape index (κ3) is 3.18. The van der Waals surface area contributed by atoms with E-state index in [1.807, 2.05) is 0 Å². The SMILES string of the molecule is Fc1ccc(-n2ncc3c(SCc4nc5ccccc5n4C(F)F)ncnc32)cc1. The first-order valence-electron chi connectivity index (χ1n) is 8.93. The average molecular weight is 426 g/mol. The van der Waals surface area contributed by atoms with E-state index in [9.17, 15) is 13.2 Å². The van der Waals surface area contributed by atoms with E-state index in [4.69, 9.17) is 0 Å². The summed E-state index contributed by atoms with van der Waals surface area (Å²) in [7, 11) is 0. The summed E-state index contributed by atoms with van der Waals surface area (Å²) in [5.41, 5.74) is 2.10. The van der Waals surface area contributed by atoms with Crippen LogP contribution in [-0.2, 0) is 5.75 Å². The minimum Gasteiger partial charge on any atom is -0.269 e. The van der Waals surface area contributed by atoms with Crippen molar-refractivity contribution in [2.24, 2.45) is 0 Å². The van der Waals surface area contributed by atoms with Crippen molar-refractivity contribution < 1.29 is 13.2 Å². The molecule has 0 atom stereocenters. The fraction of sp³-hybridized carbons (Fsp3) is 0.100. The number of fused-ring (bicyclic) bond motifs is 2. The molecule has 0 fully saturated rings. The number of hydrogen-bond donors (Lipinski definition) is 0. The number of alkyl halides is 2. The summed E-state index contributed by atoms with van der Waals surface area (Å²) in [5.74, 6) is 0.115. The molecular weight excluding hydrogens is 413 g/mol. The largest absolute Gasteiger partial charge is 0.320 e. The zero-order valence-corrected chi connectivity index (χ0v) is 16.1. The van der Waals surface area contributed by atoms with Crippen molar-refractivity contribution in [1.29, 1.82) is 0 Å². The molecule has 0 bridgehead atoms. The van der Waals surface area contributed by atoms with Gasteiger partial charge in [-0.05, 0) is 36.4 Å². The second-order valence-corrected chi connectivity index (χ2v) is 7.37. The number of hydrogen-bond acceptors (Lipinski definition) is 5. The van der Waals surface area contributed by atoms with Crippen LogP contribution in [0, 0.1) is 5.82 Å². The molecule has 0 unspecified atom stereocenters. The summed E-state index contributed by atoms with van der Waals surface area (Å²) >= 11 is 1.28. The molecule has 3 heterocycles. The number of imidazole rings is 1. The van der Waals surface area contributed by atoms with Crippen molar-refractivity contribution in [1.82, 2.24) is 29.3 Å². The van der Waals surface area contributed by atoms with Crippen LogP contribution >= 0.6 is 11.8 Å². The number of nitrogens with zero attached hydrogens (tertiary/aromatic N) is 6. The van der Waals surface area contributed by atoms with E-state index in [1.54, 1.807) is 47.3 Å². The zero-order chi connectivity index (χ0) is 20.7. The molecule has 0 saturated heterocycles.